The van der Waals surface area contributed by atoms with Crippen molar-refractivity contribution in [3.63, 3.8) is 0 Å². The monoisotopic (exact) mass is 351 g/mol. The molecule has 3 aromatic rings. The van der Waals surface area contributed by atoms with Gasteiger partial charge in [-0.3, -0.25) is 4.79 Å². The molecular weight excluding hydrogens is 322 g/mol. The molecule has 0 fully saturated rings. The standard InChI is InChI=1S/C23H29NO2/c1-22(2,3)15-7-9-19-17(13-15)18-14-16(23(4,5)6)8-10-20(18)24(19)12-11-21(25)26/h7-10,13-14H,11-12H2,1-6H3,(H,25,26). The van der Waals surface area contributed by atoms with Crippen LogP contribution in [0.2, 0.25) is 0 Å². The van der Waals surface area contributed by atoms with Gasteiger partial charge in [0.05, 0.1) is 6.42 Å². The molecule has 0 atom stereocenters. The van der Waals surface area contributed by atoms with Crippen molar-refractivity contribution in [2.45, 2.75) is 65.3 Å². The molecule has 0 saturated heterocycles. The minimum atomic E-state index is -0.766. The molecule has 3 nitrogen and oxygen atoms in total. The number of hydrogen-bond donors (Lipinski definition) is 1. The molecule has 3 heteroatoms. The highest BCUT2D eigenvalue weighted by molar-refractivity contribution is 6.08. The third-order valence-corrected chi connectivity index (χ3v) is 5.15. The maximum atomic E-state index is 11.1. The van der Waals surface area contributed by atoms with E-state index >= 15 is 0 Å². The van der Waals surface area contributed by atoms with E-state index in [9.17, 15) is 4.79 Å². The van der Waals surface area contributed by atoms with Gasteiger partial charge in [-0.15, -0.1) is 0 Å². The van der Waals surface area contributed by atoms with Crippen molar-refractivity contribution >= 4 is 27.8 Å². The summed E-state index contributed by atoms with van der Waals surface area (Å²) < 4.78 is 2.15. The summed E-state index contributed by atoms with van der Waals surface area (Å²) in [5, 5.41) is 11.6. The van der Waals surface area contributed by atoms with Crippen molar-refractivity contribution < 1.29 is 9.90 Å². The Balaban J connectivity index is 2.32. The summed E-state index contributed by atoms with van der Waals surface area (Å²) in [5.74, 6) is -0.766. The Bertz CT molecular complexity index is 910. The van der Waals surface area contributed by atoms with E-state index < -0.39 is 5.97 Å². The van der Waals surface area contributed by atoms with Gasteiger partial charge >= 0.3 is 5.97 Å². The number of carboxylic acids is 1. The Morgan fingerprint density at radius 2 is 1.27 bits per heavy atom. The fourth-order valence-electron chi connectivity index (χ4n) is 3.49. The molecule has 0 aliphatic rings. The third kappa shape index (κ3) is 3.35. The molecule has 1 heterocycles. The van der Waals surface area contributed by atoms with Crippen LogP contribution in [-0.4, -0.2) is 15.6 Å². The zero-order chi connectivity index (χ0) is 19.3. The van der Waals surface area contributed by atoms with Crippen LogP contribution < -0.4 is 0 Å². The molecule has 1 aromatic heterocycles. The smallest absolute Gasteiger partial charge is 0.305 e. The van der Waals surface area contributed by atoms with Gasteiger partial charge < -0.3 is 9.67 Å². The van der Waals surface area contributed by atoms with Crippen molar-refractivity contribution in [2.24, 2.45) is 0 Å². The average molecular weight is 351 g/mol. The number of hydrogen-bond acceptors (Lipinski definition) is 1. The highest BCUT2D eigenvalue weighted by Gasteiger charge is 2.20. The van der Waals surface area contributed by atoms with Gasteiger partial charge in [0.15, 0.2) is 0 Å². The van der Waals surface area contributed by atoms with Crippen molar-refractivity contribution in [2.75, 3.05) is 0 Å². The SMILES string of the molecule is CC(C)(C)c1ccc2c(c1)c1cc(C(C)(C)C)ccc1n2CCC(=O)O. The molecular formula is C23H29NO2. The number of rotatable bonds is 3. The van der Waals surface area contributed by atoms with Gasteiger partial charge in [-0.1, -0.05) is 53.7 Å². The van der Waals surface area contributed by atoms with Gasteiger partial charge in [0, 0.05) is 28.4 Å². The second kappa shape index (κ2) is 6.15. The zero-order valence-electron chi connectivity index (χ0n) is 16.7. The fraction of sp³-hybridized carbons (Fsp3) is 0.435. The Morgan fingerprint density at radius 1 is 0.846 bits per heavy atom. The number of benzene rings is 2. The molecule has 0 radical (unpaired) electrons. The maximum absolute atomic E-state index is 11.1. The number of fused-ring (bicyclic) bond motifs is 3. The van der Waals surface area contributed by atoms with Crippen LogP contribution in [0.4, 0.5) is 0 Å². The molecule has 0 bridgehead atoms. The molecule has 0 unspecified atom stereocenters. The normalized spacial score (nSPS) is 12.8. The molecule has 138 valence electrons. The molecule has 0 aliphatic carbocycles. The highest BCUT2D eigenvalue weighted by Crippen LogP contribution is 2.35. The van der Waals surface area contributed by atoms with Gasteiger partial charge in [0.2, 0.25) is 0 Å². The summed E-state index contributed by atoms with van der Waals surface area (Å²) in [5.41, 5.74) is 4.96. The lowest BCUT2D eigenvalue weighted by Crippen LogP contribution is -2.10. The van der Waals surface area contributed by atoms with Crippen LogP contribution in [0.25, 0.3) is 21.8 Å². The first-order valence-electron chi connectivity index (χ1n) is 9.27. The second-order valence-electron chi connectivity index (χ2n) is 9.26. The zero-order valence-corrected chi connectivity index (χ0v) is 16.7. The molecule has 0 saturated carbocycles. The summed E-state index contributed by atoms with van der Waals surface area (Å²) in [6, 6.07) is 13.2. The van der Waals surface area contributed by atoms with Gasteiger partial charge in [-0.2, -0.15) is 0 Å². The van der Waals surface area contributed by atoms with Crippen LogP contribution in [0.5, 0.6) is 0 Å². The number of carboxylic acid groups (broad SMARTS) is 1. The third-order valence-electron chi connectivity index (χ3n) is 5.15. The molecule has 2 aromatic carbocycles. The number of aromatic nitrogens is 1. The van der Waals surface area contributed by atoms with E-state index in [1.165, 1.54) is 21.9 Å². The van der Waals surface area contributed by atoms with E-state index in [1.807, 2.05) is 0 Å². The van der Waals surface area contributed by atoms with E-state index in [0.29, 0.717) is 6.54 Å². The number of aliphatic carboxylic acids is 1. The van der Waals surface area contributed by atoms with Crippen LogP contribution >= 0.6 is 0 Å². The molecule has 0 spiro atoms. The lowest BCUT2D eigenvalue weighted by Gasteiger charge is -2.19. The van der Waals surface area contributed by atoms with Gasteiger partial charge in [0.25, 0.3) is 0 Å². The summed E-state index contributed by atoms with van der Waals surface area (Å²) in [6.07, 6.45) is 0.126. The lowest BCUT2D eigenvalue weighted by molar-refractivity contribution is -0.137. The van der Waals surface area contributed by atoms with Crippen LogP contribution in [0.3, 0.4) is 0 Å². The molecule has 1 N–H and O–H groups in total. The Kier molecular flexibility index (Phi) is 4.38. The summed E-state index contributed by atoms with van der Waals surface area (Å²) >= 11 is 0. The predicted molar refractivity (Wildman–Crippen MR) is 109 cm³/mol. The summed E-state index contributed by atoms with van der Waals surface area (Å²) in [6.45, 7) is 13.8. The first kappa shape index (κ1) is 18.5. The topological polar surface area (TPSA) is 42.2 Å². The maximum Gasteiger partial charge on any atom is 0.305 e. The molecule has 3 rings (SSSR count). The Labute approximate surface area is 155 Å². The fourth-order valence-corrected chi connectivity index (χ4v) is 3.49. The van der Waals surface area contributed by atoms with Gasteiger partial charge in [-0.25, -0.2) is 0 Å². The molecule has 0 amide bonds. The van der Waals surface area contributed by atoms with Crippen molar-refractivity contribution in [3.05, 3.63) is 47.5 Å². The Hall–Kier alpha value is -2.29. The molecule has 0 aliphatic heterocycles. The summed E-state index contributed by atoms with van der Waals surface area (Å²) in [7, 11) is 0. The van der Waals surface area contributed by atoms with Crippen molar-refractivity contribution in [1.82, 2.24) is 4.57 Å². The largest absolute Gasteiger partial charge is 0.481 e. The van der Waals surface area contributed by atoms with E-state index in [0.717, 1.165) is 11.0 Å². The lowest BCUT2D eigenvalue weighted by atomic mass is 9.85. The highest BCUT2D eigenvalue weighted by atomic mass is 16.4. The van der Waals surface area contributed by atoms with Crippen LogP contribution in [-0.2, 0) is 22.2 Å². The minimum Gasteiger partial charge on any atom is -0.481 e. The van der Waals surface area contributed by atoms with Crippen molar-refractivity contribution in [1.29, 1.82) is 0 Å². The van der Waals surface area contributed by atoms with E-state index in [2.05, 4.69) is 82.5 Å². The Morgan fingerprint density at radius 3 is 1.62 bits per heavy atom. The predicted octanol–water partition coefficient (Wildman–Crippen LogP) is 5.86. The van der Waals surface area contributed by atoms with E-state index in [1.54, 1.807) is 0 Å². The quantitative estimate of drug-likeness (QED) is 0.642. The number of carbonyl (C=O) groups is 1. The van der Waals surface area contributed by atoms with E-state index in [4.69, 9.17) is 5.11 Å². The van der Waals surface area contributed by atoms with Crippen molar-refractivity contribution in [3.8, 4) is 0 Å². The van der Waals surface area contributed by atoms with Gasteiger partial charge in [0.1, 0.15) is 0 Å². The van der Waals surface area contributed by atoms with E-state index in [-0.39, 0.29) is 17.3 Å². The first-order chi connectivity index (χ1) is 12.0. The molecule has 26 heavy (non-hydrogen) atoms. The number of nitrogens with zero attached hydrogens (tertiary/aromatic N) is 1. The van der Waals surface area contributed by atoms with Crippen LogP contribution in [0.15, 0.2) is 36.4 Å². The minimum absolute atomic E-state index is 0.0747. The second-order valence-corrected chi connectivity index (χ2v) is 9.26. The van der Waals surface area contributed by atoms with Gasteiger partial charge in [-0.05, 0) is 46.2 Å². The van der Waals surface area contributed by atoms with Crippen LogP contribution in [0, 0.1) is 0 Å². The average Bonchev–Trinajstić information content (AvgIpc) is 2.83. The van der Waals surface area contributed by atoms with Crippen LogP contribution in [0.1, 0.15) is 59.1 Å². The summed E-state index contributed by atoms with van der Waals surface area (Å²) in [4.78, 5) is 11.1. The first-order valence-corrected chi connectivity index (χ1v) is 9.27. The number of aryl methyl sites for hydroxylation is 1.